The third kappa shape index (κ3) is 3.33. The van der Waals surface area contributed by atoms with Crippen molar-refractivity contribution < 1.29 is 14.6 Å². The van der Waals surface area contributed by atoms with Crippen molar-refractivity contribution in [1.29, 1.82) is 0 Å². The van der Waals surface area contributed by atoms with Crippen molar-refractivity contribution in [3.63, 3.8) is 0 Å². The second-order valence-electron chi connectivity index (χ2n) is 7.62. The third-order valence-corrected chi connectivity index (χ3v) is 5.35. The van der Waals surface area contributed by atoms with Crippen LogP contribution in [0.3, 0.4) is 0 Å². The van der Waals surface area contributed by atoms with Crippen molar-refractivity contribution >= 4 is 6.09 Å². The minimum atomic E-state index is -0.615. The first kappa shape index (κ1) is 18.1. The predicted molar refractivity (Wildman–Crippen MR) is 109 cm³/mol. The van der Waals surface area contributed by atoms with Crippen molar-refractivity contribution in [3.8, 4) is 16.9 Å². The van der Waals surface area contributed by atoms with E-state index in [1.54, 1.807) is 24.3 Å². The Morgan fingerprint density at radius 1 is 0.929 bits per heavy atom. The first-order valence-corrected chi connectivity index (χ1v) is 9.38. The quantitative estimate of drug-likeness (QED) is 0.664. The number of hydrogen-bond donors (Lipinski definition) is 2. The molecule has 0 fully saturated rings. The van der Waals surface area contributed by atoms with E-state index >= 15 is 0 Å². The van der Waals surface area contributed by atoms with E-state index < -0.39 is 11.6 Å². The largest absolute Gasteiger partial charge is 0.508 e. The molecule has 1 aliphatic rings. The van der Waals surface area contributed by atoms with E-state index in [0.717, 1.165) is 5.56 Å². The van der Waals surface area contributed by atoms with Crippen LogP contribution in [0.5, 0.6) is 5.75 Å². The molecule has 142 valence electrons. The average Bonchev–Trinajstić information content (AvgIpc) is 3.00. The molecule has 3 aromatic carbocycles. The third-order valence-electron chi connectivity index (χ3n) is 5.35. The zero-order valence-corrected chi connectivity index (χ0v) is 16.0. The van der Waals surface area contributed by atoms with Crippen molar-refractivity contribution in [3.05, 3.63) is 89.5 Å². The highest BCUT2D eigenvalue weighted by atomic mass is 16.5. The SMILES string of the molecule is CC(C)(NC(=O)OCC1c2ccccc2-c2ccccc21)c1ccc(O)cc1. The van der Waals surface area contributed by atoms with Crippen LogP contribution in [0.15, 0.2) is 72.8 Å². The van der Waals surface area contributed by atoms with Crippen LogP contribution in [0.1, 0.15) is 36.5 Å². The maximum atomic E-state index is 12.5. The van der Waals surface area contributed by atoms with Crippen LogP contribution >= 0.6 is 0 Å². The second-order valence-corrected chi connectivity index (χ2v) is 7.62. The number of ether oxygens (including phenoxy) is 1. The molecule has 0 spiro atoms. The molecule has 0 aromatic heterocycles. The van der Waals surface area contributed by atoms with Crippen LogP contribution < -0.4 is 5.32 Å². The average molecular weight is 373 g/mol. The normalized spacial score (nSPS) is 12.9. The van der Waals surface area contributed by atoms with Crippen LogP contribution in [-0.4, -0.2) is 17.8 Å². The molecule has 0 unspecified atom stereocenters. The summed E-state index contributed by atoms with van der Waals surface area (Å²) in [7, 11) is 0. The Bertz CT molecular complexity index is 963. The van der Waals surface area contributed by atoms with E-state index in [-0.39, 0.29) is 18.3 Å². The molecule has 0 aliphatic heterocycles. The topological polar surface area (TPSA) is 58.6 Å². The van der Waals surface area contributed by atoms with Gasteiger partial charge in [-0.15, -0.1) is 0 Å². The van der Waals surface area contributed by atoms with E-state index in [0.29, 0.717) is 0 Å². The molecule has 0 saturated carbocycles. The Kier molecular flexibility index (Phi) is 4.55. The van der Waals surface area contributed by atoms with E-state index in [1.165, 1.54) is 22.3 Å². The molecule has 0 radical (unpaired) electrons. The Morgan fingerprint density at radius 2 is 1.46 bits per heavy atom. The number of phenols is 1. The highest BCUT2D eigenvalue weighted by Gasteiger charge is 2.30. The number of aromatic hydroxyl groups is 1. The lowest BCUT2D eigenvalue weighted by molar-refractivity contribution is 0.133. The van der Waals surface area contributed by atoms with Gasteiger partial charge in [0.2, 0.25) is 0 Å². The minimum Gasteiger partial charge on any atom is -0.508 e. The molecule has 1 aliphatic carbocycles. The minimum absolute atomic E-state index is 0.0370. The Hall–Kier alpha value is -3.27. The fraction of sp³-hybridized carbons (Fsp3) is 0.208. The molecule has 3 aromatic rings. The lowest BCUT2D eigenvalue weighted by Crippen LogP contribution is -2.41. The molecule has 2 N–H and O–H groups in total. The van der Waals surface area contributed by atoms with Crippen LogP contribution in [0.2, 0.25) is 0 Å². The number of alkyl carbamates (subject to hydrolysis) is 1. The summed E-state index contributed by atoms with van der Waals surface area (Å²) in [5, 5.41) is 12.4. The van der Waals surface area contributed by atoms with Crippen molar-refractivity contribution in [2.24, 2.45) is 0 Å². The molecule has 0 atom stereocenters. The number of rotatable bonds is 4. The fourth-order valence-corrected chi connectivity index (χ4v) is 3.84. The summed E-state index contributed by atoms with van der Waals surface area (Å²) in [6.07, 6.45) is -0.458. The number of phenolic OH excluding ortho intramolecular Hbond substituents is 1. The predicted octanol–water partition coefficient (Wildman–Crippen LogP) is 5.17. The van der Waals surface area contributed by atoms with E-state index in [4.69, 9.17) is 4.74 Å². The second kappa shape index (κ2) is 7.04. The maximum absolute atomic E-state index is 12.5. The molecule has 0 heterocycles. The number of hydrogen-bond acceptors (Lipinski definition) is 3. The summed E-state index contributed by atoms with van der Waals surface area (Å²) in [5.74, 6) is 0.232. The van der Waals surface area contributed by atoms with Gasteiger partial charge in [-0.25, -0.2) is 4.79 Å². The van der Waals surface area contributed by atoms with Gasteiger partial charge in [0.05, 0.1) is 5.54 Å². The van der Waals surface area contributed by atoms with Crippen LogP contribution in [0.25, 0.3) is 11.1 Å². The van der Waals surface area contributed by atoms with Gasteiger partial charge in [-0.1, -0.05) is 60.7 Å². The summed E-state index contributed by atoms with van der Waals surface area (Å²) in [6.45, 7) is 4.09. The monoisotopic (exact) mass is 373 g/mol. The van der Waals surface area contributed by atoms with Gasteiger partial charge in [-0.2, -0.15) is 0 Å². The Morgan fingerprint density at radius 3 is 2.04 bits per heavy atom. The smallest absolute Gasteiger partial charge is 0.407 e. The molecule has 1 amide bonds. The van der Waals surface area contributed by atoms with Gasteiger partial charge in [-0.3, -0.25) is 0 Å². The van der Waals surface area contributed by atoms with Crippen LogP contribution in [0, 0.1) is 0 Å². The van der Waals surface area contributed by atoms with Gasteiger partial charge < -0.3 is 15.2 Å². The van der Waals surface area contributed by atoms with Gasteiger partial charge in [0.15, 0.2) is 0 Å². The number of nitrogens with one attached hydrogen (secondary N) is 1. The molecule has 0 bridgehead atoms. The van der Waals surface area contributed by atoms with Crippen molar-refractivity contribution in [2.75, 3.05) is 6.61 Å². The van der Waals surface area contributed by atoms with Gasteiger partial charge in [0.25, 0.3) is 0 Å². The van der Waals surface area contributed by atoms with Crippen molar-refractivity contribution in [2.45, 2.75) is 25.3 Å². The molecule has 0 saturated heterocycles. The van der Waals surface area contributed by atoms with E-state index in [1.807, 2.05) is 38.1 Å². The van der Waals surface area contributed by atoms with Crippen LogP contribution in [0.4, 0.5) is 4.79 Å². The summed E-state index contributed by atoms with van der Waals surface area (Å²) in [4.78, 5) is 12.5. The zero-order valence-electron chi connectivity index (χ0n) is 16.0. The number of amides is 1. The summed E-state index contributed by atoms with van der Waals surface area (Å²) < 4.78 is 5.62. The Balaban J connectivity index is 1.47. The van der Waals surface area contributed by atoms with E-state index in [2.05, 4.69) is 29.6 Å². The summed E-state index contributed by atoms with van der Waals surface area (Å²) >= 11 is 0. The molecule has 28 heavy (non-hydrogen) atoms. The van der Waals surface area contributed by atoms with Crippen molar-refractivity contribution in [1.82, 2.24) is 5.32 Å². The van der Waals surface area contributed by atoms with E-state index in [9.17, 15) is 9.90 Å². The summed E-state index contributed by atoms with van der Waals surface area (Å²) in [6, 6.07) is 23.3. The molecular weight excluding hydrogens is 350 g/mol. The lowest BCUT2D eigenvalue weighted by Gasteiger charge is -2.27. The number of carbonyl (C=O) groups is 1. The van der Waals surface area contributed by atoms with Gasteiger partial charge in [-0.05, 0) is 53.8 Å². The molecule has 4 heteroatoms. The number of fused-ring (bicyclic) bond motifs is 3. The fourth-order valence-electron chi connectivity index (χ4n) is 3.84. The number of benzene rings is 3. The van der Waals surface area contributed by atoms with Gasteiger partial charge in [0, 0.05) is 5.92 Å². The lowest BCUT2D eigenvalue weighted by atomic mass is 9.94. The van der Waals surface area contributed by atoms with Crippen LogP contribution in [-0.2, 0) is 10.3 Å². The molecule has 4 nitrogen and oxygen atoms in total. The first-order valence-electron chi connectivity index (χ1n) is 9.38. The maximum Gasteiger partial charge on any atom is 0.407 e. The first-order chi connectivity index (χ1) is 13.5. The highest BCUT2D eigenvalue weighted by Crippen LogP contribution is 2.44. The highest BCUT2D eigenvalue weighted by molar-refractivity contribution is 5.79. The number of carbonyl (C=O) groups excluding carboxylic acids is 1. The van der Waals surface area contributed by atoms with Gasteiger partial charge in [0.1, 0.15) is 12.4 Å². The molecular formula is C24H23NO3. The summed E-state index contributed by atoms with van der Waals surface area (Å²) in [5.41, 5.74) is 5.06. The van der Waals surface area contributed by atoms with Gasteiger partial charge >= 0.3 is 6.09 Å². The Labute approximate surface area is 164 Å². The standard InChI is InChI=1S/C24H23NO3/c1-24(2,16-11-13-17(26)14-12-16)25-23(27)28-15-22-20-9-5-3-7-18(20)19-8-4-6-10-21(19)22/h3-14,22,26H,15H2,1-2H3,(H,25,27). The molecule has 4 rings (SSSR count). The zero-order chi connectivity index (χ0) is 19.7.